The summed E-state index contributed by atoms with van der Waals surface area (Å²) in [6, 6.07) is 4.50. The van der Waals surface area contributed by atoms with Gasteiger partial charge in [-0.3, -0.25) is 0 Å². The molecule has 0 bridgehead atoms. The van der Waals surface area contributed by atoms with Gasteiger partial charge in [-0.2, -0.15) is 0 Å². The van der Waals surface area contributed by atoms with Gasteiger partial charge in [-0.25, -0.2) is 4.39 Å². The molecule has 0 saturated heterocycles. The molecular formula is C15H23FO3S. The van der Waals surface area contributed by atoms with Gasteiger partial charge in [-0.1, -0.05) is 6.07 Å². The summed E-state index contributed by atoms with van der Waals surface area (Å²) in [5.41, 5.74) is 0.785. The lowest BCUT2D eigenvalue weighted by Gasteiger charge is -2.14. The van der Waals surface area contributed by atoms with Crippen LogP contribution in [0.1, 0.15) is 31.4 Å². The third-order valence-corrected chi connectivity index (χ3v) is 3.69. The van der Waals surface area contributed by atoms with Crippen LogP contribution in [0.15, 0.2) is 23.1 Å². The number of hydrogen-bond acceptors (Lipinski definition) is 4. The van der Waals surface area contributed by atoms with Crippen molar-refractivity contribution in [1.29, 1.82) is 0 Å². The minimum Gasteiger partial charge on any atom is -0.388 e. The minimum atomic E-state index is -0.575. The third kappa shape index (κ3) is 6.22. The van der Waals surface area contributed by atoms with Crippen LogP contribution in [0.5, 0.6) is 0 Å². The monoisotopic (exact) mass is 302 g/mol. The smallest absolute Gasteiger partial charge is 0.124 e. The van der Waals surface area contributed by atoms with Gasteiger partial charge in [-0.15, -0.1) is 11.8 Å². The van der Waals surface area contributed by atoms with Crippen molar-refractivity contribution in [2.75, 3.05) is 32.7 Å². The van der Waals surface area contributed by atoms with E-state index in [4.69, 9.17) is 9.47 Å². The second-order valence-corrected chi connectivity index (χ2v) is 5.20. The molecule has 0 aliphatic rings. The van der Waals surface area contributed by atoms with Crippen molar-refractivity contribution >= 4 is 11.8 Å². The van der Waals surface area contributed by atoms with Gasteiger partial charge in [0.25, 0.3) is 0 Å². The van der Waals surface area contributed by atoms with Crippen molar-refractivity contribution in [2.45, 2.75) is 30.8 Å². The summed E-state index contributed by atoms with van der Waals surface area (Å²) < 4.78 is 23.7. The zero-order valence-corrected chi connectivity index (χ0v) is 12.9. The molecule has 0 saturated carbocycles. The Morgan fingerprint density at radius 3 is 2.70 bits per heavy atom. The van der Waals surface area contributed by atoms with Crippen LogP contribution < -0.4 is 0 Å². The average Bonchev–Trinajstić information content (AvgIpc) is 2.45. The molecule has 5 heteroatoms. The fourth-order valence-electron chi connectivity index (χ4n) is 1.86. The molecule has 0 fully saturated rings. The maximum atomic E-state index is 13.1. The number of hydrogen-bond donors (Lipinski definition) is 1. The molecule has 1 rings (SSSR count). The summed E-state index contributed by atoms with van der Waals surface area (Å²) >= 11 is 1.44. The first-order chi connectivity index (χ1) is 9.69. The Morgan fingerprint density at radius 1 is 1.25 bits per heavy atom. The normalized spacial score (nSPS) is 12.6. The van der Waals surface area contributed by atoms with Gasteiger partial charge in [0.05, 0.1) is 19.3 Å². The molecule has 0 heterocycles. The maximum Gasteiger partial charge on any atom is 0.124 e. The molecule has 0 aromatic heterocycles. The second kappa shape index (κ2) is 10.2. The van der Waals surface area contributed by atoms with Crippen LogP contribution >= 0.6 is 11.8 Å². The first-order valence-corrected chi connectivity index (χ1v) is 8.08. The van der Waals surface area contributed by atoms with E-state index in [2.05, 4.69) is 0 Å². The van der Waals surface area contributed by atoms with Gasteiger partial charge in [0.2, 0.25) is 0 Å². The predicted octanol–water partition coefficient (Wildman–Crippen LogP) is 3.41. The molecule has 1 aromatic rings. The van der Waals surface area contributed by atoms with Gasteiger partial charge < -0.3 is 14.6 Å². The third-order valence-electron chi connectivity index (χ3n) is 2.90. The molecule has 0 aliphatic carbocycles. The Morgan fingerprint density at radius 2 is 2.00 bits per heavy atom. The molecule has 1 N–H and O–H groups in total. The van der Waals surface area contributed by atoms with Crippen LogP contribution in [-0.2, 0) is 9.47 Å². The van der Waals surface area contributed by atoms with E-state index in [-0.39, 0.29) is 5.82 Å². The molecular weight excluding hydrogens is 279 g/mol. The lowest BCUT2D eigenvalue weighted by atomic mass is 10.1. The van der Waals surface area contributed by atoms with E-state index < -0.39 is 6.10 Å². The van der Waals surface area contributed by atoms with Gasteiger partial charge in [0, 0.05) is 18.1 Å². The molecule has 20 heavy (non-hydrogen) atoms. The van der Waals surface area contributed by atoms with Gasteiger partial charge in [0.1, 0.15) is 5.82 Å². The van der Waals surface area contributed by atoms with E-state index in [9.17, 15) is 9.50 Å². The number of benzene rings is 1. The van der Waals surface area contributed by atoms with Crippen molar-refractivity contribution in [3.05, 3.63) is 29.6 Å². The van der Waals surface area contributed by atoms with Crippen molar-refractivity contribution in [2.24, 2.45) is 0 Å². The average molecular weight is 302 g/mol. The number of aliphatic hydroxyl groups is 1. The molecule has 114 valence electrons. The number of aliphatic hydroxyl groups excluding tert-OH is 1. The second-order valence-electron chi connectivity index (χ2n) is 4.35. The lowest BCUT2D eigenvalue weighted by molar-refractivity contribution is 0.0464. The fourth-order valence-corrected chi connectivity index (χ4v) is 2.53. The minimum absolute atomic E-state index is 0.274. The van der Waals surface area contributed by atoms with Crippen molar-refractivity contribution < 1.29 is 19.0 Å². The predicted molar refractivity (Wildman–Crippen MR) is 79.7 cm³/mol. The van der Waals surface area contributed by atoms with Gasteiger partial charge in [0.15, 0.2) is 0 Å². The summed E-state index contributed by atoms with van der Waals surface area (Å²) in [5.74, 6) is -0.274. The number of ether oxygens (including phenoxy) is 2. The van der Waals surface area contributed by atoms with E-state index in [1.807, 2.05) is 13.2 Å². The molecule has 0 aliphatic heterocycles. The largest absolute Gasteiger partial charge is 0.388 e. The lowest BCUT2D eigenvalue weighted by Crippen LogP contribution is -2.06. The highest BCUT2D eigenvalue weighted by atomic mass is 32.2. The summed E-state index contributed by atoms with van der Waals surface area (Å²) in [6.07, 6.45) is 2.67. The Labute approximate surface area is 124 Å². The Bertz CT molecular complexity index is 387. The van der Waals surface area contributed by atoms with E-state index in [1.54, 1.807) is 6.07 Å². The SMILES string of the molecule is CCOCCOCCCC(O)c1ccc(F)cc1SC. The number of rotatable bonds is 10. The van der Waals surface area contributed by atoms with Gasteiger partial charge in [-0.05, 0) is 43.7 Å². The zero-order valence-electron chi connectivity index (χ0n) is 12.1. The summed E-state index contributed by atoms with van der Waals surface area (Å²) in [7, 11) is 0. The molecule has 0 radical (unpaired) electrons. The first-order valence-electron chi connectivity index (χ1n) is 6.86. The zero-order chi connectivity index (χ0) is 14.8. The van der Waals surface area contributed by atoms with Crippen molar-refractivity contribution in [1.82, 2.24) is 0 Å². The van der Waals surface area contributed by atoms with E-state index >= 15 is 0 Å². The Kier molecular flexibility index (Phi) is 8.85. The van der Waals surface area contributed by atoms with Crippen LogP contribution in [0.25, 0.3) is 0 Å². The molecule has 3 nitrogen and oxygen atoms in total. The Hall–Kier alpha value is -0.620. The molecule has 1 atom stereocenters. The van der Waals surface area contributed by atoms with Gasteiger partial charge >= 0.3 is 0 Å². The summed E-state index contributed by atoms with van der Waals surface area (Å²) in [4.78, 5) is 0.787. The quantitative estimate of drug-likeness (QED) is 0.531. The van der Waals surface area contributed by atoms with Crippen LogP contribution in [-0.4, -0.2) is 37.8 Å². The molecule has 0 spiro atoms. The standard InChI is InChI=1S/C15H23FO3S/c1-3-18-9-10-19-8-4-5-14(17)13-7-6-12(16)11-15(13)20-2/h6-7,11,14,17H,3-5,8-10H2,1-2H3. The molecule has 1 unspecified atom stereocenters. The van der Waals surface area contributed by atoms with E-state index in [0.717, 1.165) is 16.9 Å². The fraction of sp³-hybridized carbons (Fsp3) is 0.600. The Balaban J connectivity index is 2.30. The van der Waals surface area contributed by atoms with E-state index in [0.29, 0.717) is 32.8 Å². The first kappa shape index (κ1) is 17.4. The number of thioether (sulfide) groups is 1. The van der Waals surface area contributed by atoms with Crippen LogP contribution in [0, 0.1) is 5.82 Å². The van der Waals surface area contributed by atoms with Crippen molar-refractivity contribution in [3.63, 3.8) is 0 Å². The van der Waals surface area contributed by atoms with E-state index in [1.165, 1.54) is 23.9 Å². The summed E-state index contributed by atoms with van der Waals surface area (Å²) in [5, 5.41) is 10.1. The van der Waals surface area contributed by atoms with Crippen molar-refractivity contribution in [3.8, 4) is 0 Å². The molecule has 0 amide bonds. The molecule has 1 aromatic carbocycles. The van der Waals surface area contributed by atoms with Crippen LogP contribution in [0.2, 0.25) is 0 Å². The summed E-state index contributed by atoms with van der Waals surface area (Å²) in [6.45, 7) is 4.43. The highest BCUT2D eigenvalue weighted by Crippen LogP contribution is 2.29. The highest BCUT2D eigenvalue weighted by Gasteiger charge is 2.12. The topological polar surface area (TPSA) is 38.7 Å². The highest BCUT2D eigenvalue weighted by molar-refractivity contribution is 7.98. The maximum absolute atomic E-state index is 13.1. The number of halogens is 1. The van der Waals surface area contributed by atoms with Crippen LogP contribution in [0.3, 0.4) is 0 Å². The van der Waals surface area contributed by atoms with Crippen LogP contribution in [0.4, 0.5) is 4.39 Å².